The SMILES string of the molecule is O=C(COc1ccc(N2C(=O)[C@@H]3[C@H](C2=O)[C@H]2C=C[C@H]3C2)cc1)c1ccc(Cl)cc1. The summed E-state index contributed by atoms with van der Waals surface area (Å²) in [5.74, 6) is 0.0621. The van der Waals surface area contributed by atoms with E-state index in [2.05, 4.69) is 12.2 Å². The molecule has 0 unspecified atom stereocenters. The Hall–Kier alpha value is -2.92. The predicted octanol–water partition coefficient (Wildman–Crippen LogP) is 3.91. The van der Waals surface area contributed by atoms with Gasteiger partial charge in [-0.1, -0.05) is 23.8 Å². The van der Waals surface area contributed by atoms with E-state index in [1.54, 1.807) is 48.5 Å². The van der Waals surface area contributed by atoms with E-state index >= 15 is 0 Å². The average molecular weight is 408 g/mol. The highest BCUT2D eigenvalue weighted by Crippen LogP contribution is 2.53. The predicted molar refractivity (Wildman–Crippen MR) is 108 cm³/mol. The summed E-state index contributed by atoms with van der Waals surface area (Å²) in [6, 6.07) is 13.3. The van der Waals surface area contributed by atoms with Crippen LogP contribution in [0.4, 0.5) is 5.69 Å². The summed E-state index contributed by atoms with van der Waals surface area (Å²) in [5.41, 5.74) is 1.07. The molecule has 6 heteroatoms. The highest BCUT2D eigenvalue weighted by Gasteiger charge is 2.59. The Kier molecular flexibility index (Phi) is 4.28. The molecule has 5 nitrogen and oxygen atoms in total. The molecule has 4 atom stereocenters. The number of imide groups is 1. The van der Waals surface area contributed by atoms with Gasteiger partial charge in [0.05, 0.1) is 17.5 Å². The van der Waals surface area contributed by atoms with Crippen LogP contribution < -0.4 is 9.64 Å². The number of rotatable bonds is 5. The van der Waals surface area contributed by atoms with Gasteiger partial charge in [-0.05, 0) is 66.8 Å². The van der Waals surface area contributed by atoms with Crippen LogP contribution in [0.15, 0.2) is 60.7 Å². The first-order valence-electron chi connectivity index (χ1n) is 9.61. The summed E-state index contributed by atoms with van der Waals surface area (Å²) in [5, 5.41) is 0.567. The number of halogens is 1. The maximum Gasteiger partial charge on any atom is 0.238 e. The molecule has 1 heterocycles. The Morgan fingerprint density at radius 1 is 0.931 bits per heavy atom. The molecule has 2 aromatic rings. The summed E-state index contributed by atoms with van der Waals surface area (Å²) in [4.78, 5) is 39.2. The van der Waals surface area contributed by atoms with Crippen LogP contribution in [0, 0.1) is 23.7 Å². The van der Waals surface area contributed by atoms with Crippen molar-refractivity contribution in [3.8, 4) is 5.75 Å². The number of anilines is 1. The van der Waals surface area contributed by atoms with Gasteiger partial charge in [0.1, 0.15) is 5.75 Å². The number of carbonyl (C=O) groups is 3. The minimum Gasteiger partial charge on any atom is -0.485 e. The van der Waals surface area contributed by atoms with Gasteiger partial charge in [0.15, 0.2) is 12.4 Å². The molecule has 0 radical (unpaired) electrons. The highest BCUT2D eigenvalue weighted by molar-refractivity contribution is 6.30. The molecule has 1 saturated heterocycles. The van der Waals surface area contributed by atoms with Gasteiger partial charge in [-0.3, -0.25) is 19.3 Å². The third-order valence-electron chi connectivity index (χ3n) is 6.10. The van der Waals surface area contributed by atoms with Crippen LogP contribution in [0.5, 0.6) is 5.75 Å². The monoisotopic (exact) mass is 407 g/mol. The fourth-order valence-corrected chi connectivity index (χ4v) is 4.84. The number of Topliss-reactive ketones (excluding diaryl/α,β-unsaturated/α-hetero) is 1. The molecule has 2 aliphatic carbocycles. The third kappa shape index (κ3) is 2.97. The molecule has 3 aliphatic rings. The molecule has 146 valence electrons. The zero-order valence-corrected chi connectivity index (χ0v) is 16.2. The van der Waals surface area contributed by atoms with Gasteiger partial charge >= 0.3 is 0 Å². The van der Waals surface area contributed by atoms with Gasteiger partial charge < -0.3 is 4.74 Å². The Balaban J connectivity index is 1.26. The Morgan fingerprint density at radius 2 is 1.52 bits per heavy atom. The van der Waals surface area contributed by atoms with Crippen LogP contribution in [0.3, 0.4) is 0 Å². The molecular weight excluding hydrogens is 390 g/mol. The number of fused-ring (bicyclic) bond motifs is 5. The van der Waals surface area contributed by atoms with Gasteiger partial charge in [0.2, 0.25) is 11.8 Å². The first-order valence-corrected chi connectivity index (χ1v) is 9.98. The quantitative estimate of drug-likeness (QED) is 0.428. The number of allylic oxidation sites excluding steroid dienone is 2. The maximum atomic E-state index is 12.9. The van der Waals surface area contributed by atoms with Gasteiger partial charge in [-0.25, -0.2) is 0 Å². The van der Waals surface area contributed by atoms with Gasteiger partial charge in [-0.2, -0.15) is 0 Å². The third-order valence-corrected chi connectivity index (χ3v) is 6.35. The number of carbonyl (C=O) groups excluding carboxylic acids is 3. The van der Waals surface area contributed by atoms with E-state index in [1.807, 2.05) is 0 Å². The van der Waals surface area contributed by atoms with E-state index < -0.39 is 0 Å². The number of hydrogen-bond acceptors (Lipinski definition) is 4. The molecular formula is C23H18ClNO4. The van der Waals surface area contributed by atoms with Crippen molar-refractivity contribution in [1.29, 1.82) is 0 Å². The van der Waals surface area contributed by atoms with Crippen molar-refractivity contribution in [2.45, 2.75) is 6.42 Å². The molecule has 1 saturated carbocycles. The second kappa shape index (κ2) is 6.85. The molecule has 2 fully saturated rings. The standard InChI is InChI=1S/C23H18ClNO4/c24-16-5-3-13(4-6-16)19(26)12-29-18-9-7-17(8-10-18)25-22(27)20-14-1-2-15(11-14)21(20)23(25)28/h1-10,14-15,20-21H,11-12H2/t14-,15-,20-,21+/m0/s1. The number of ether oxygens (including phenoxy) is 1. The van der Waals surface area contributed by atoms with Crippen LogP contribution in [-0.2, 0) is 9.59 Å². The van der Waals surface area contributed by atoms with Crippen molar-refractivity contribution in [2.75, 3.05) is 11.5 Å². The van der Waals surface area contributed by atoms with Crippen molar-refractivity contribution in [1.82, 2.24) is 0 Å². The van der Waals surface area contributed by atoms with E-state index in [1.165, 1.54) is 4.90 Å². The minimum absolute atomic E-state index is 0.108. The molecule has 5 rings (SSSR count). The van der Waals surface area contributed by atoms with E-state index in [-0.39, 0.29) is 47.9 Å². The maximum absolute atomic E-state index is 12.9. The normalized spacial score (nSPS) is 26.9. The minimum atomic E-state index is -0.217. The van der Waals surface area contributed by atoms with E-state index in [0.29, 0.717) is 22.0 Å². The summed E-state index contributed by atoms with van der Waals surface area (Å²) >= 11 is 5.83. The zero-order valence-electron chi connectivity index (χ0n) is 15.5. The Labute approximate surface area is 172 Å². The summed E-state index contributed by atoms with van der Waals surface area (Å²) < 4.78 is 5.56. The summed E-state index contributed by atoms with van der Waals surface area (Å²) in [7, 11) is 0. The topological polar surface area (TPSA) is 63.7 Å². The fraction of sp³-hybridized carbons (Fsp3) is 0.261. The molecule has 2 aromatic carbocycles. The lowest BCUT2D eigenvalue weighted by Crippen LogP contribution is -2.32. The number of benzene rings is 2. The molecule has 29 heavy (non-hydrogen) atoms. The lowest BCUT2D eigenvalue weighted by Gasteiger charge is -2.17. The van der Waals surface area contributed by atoms with E-state index in [0.717, 1.165) is 6.42 Å². The van der Waals surface area contributed by atoms with Crippen molar-refractivity contribution < 1.29 is 19.1 Å². The van der Waals surface area contributed by atoms with Crippen molar-refractivity contribution in [3.63, 3.8) is 0 Å². The van der Waals surface area contributed by atoms with Crippen molar-refractivity contribution in [2.24, 2.45) is 23.7 Å². The molecule has 2 amide bonds. The Bertz CT molecular complexity index is 998. The van der Waals surface area contributed by atoms with Crippen LogP contribution >= 0.6 is 11.6 Å². The lowest BCUT2D eigenvalue weighted by atomic mass is 9.85. The Morgan fingerprint density at radius 3 is 2.10 bits per heavy atom. The van der Waals surface area contributed by atoms with Crippen LogP contribution in [0.25, 0.3) is 0 Å². The van der Waals surface area contributed by atoms with Gasteiger partial charge in [0, 0.05) is 10.6 Å². The highest BCUT2D eigenvalue weighted by atomic mass is 35.5. The fourth-order valence-electron chi connectivity index (χ4n) is 4.72. The zero-order chi connectivity index (χ0) is 20.1. The number of ketones is 1. The summed E-state index contributed by atoms with van der Waals surface area (Å²) in [6.07, 6.45) is 5.07. The van der Waals surface area contributed by atoms with Gasteiger partial charge in [-0.15, -0.1) is 0 Å². The van der Waals surface area contributed by atoms with Crippen molar-refractivity contribution >= 4 is 34.9 Å². The molecule has 0 spiro atoms. The second-order valence-electron chi connectivity index (χ2n) is 7.72. The second-order valence-corrected chi connectivity index (χ2v) is 8.16. The molecule has 0 N–H and O–H groups in total. The van der Waals surface area contributed by atoms with E-state index in [9.17, 15) is 14.4 Å². The largest absolute Gasteiger partial charge is 0.485 e. The van der Waals surface area contributed by atoms with Crippen LogP contribution in [-0.4, -0.2) is 24.2 Å². The molecule has 1 aliphatic heterocycles. The van der Waals surface area contributed by atoms with Crippen LogP contribution in [0.2, 0.25) is 5.02 Å². The number of hydrogen-bond donors (Lipinski definition) is 0. The lowest BCUT2D eigenvalue weighted by molar-refractivity contribution is -0.123. The van der Waals surface area contributed by atoms with Crippen molar-refractivity contribution in [3.05, 3.63) is 71.3 Å². The first kappa shape index (κ1) is 18.1. The van der Waals surface area contributed by atoms with Crippen LogP contribution in [0.1, 0.15) is 16.8 Å². The van der Waals surface area contributed by atoms with Gasteiger partial charge in [0.25, 0.3) is 0 Å². The average Bonchev–Trinajstić information content (AvgIpc) is 3.41. The molecule has 0 aromatic heterocycles. The summed E-state index contributed by atoms with van der Waals surface area (Å²) in [6.45, 7) is -0.109. The number of nitrogens with zero attached hydrogens (tertiary/aromatic N) is 1. The first-order chi connectivity index (χ1) is 14.0. The smallest absolute Gasteiger partial charge is 0.238 e. The number of amides is 2. The molecule has 2 bridgehead atoms. The van der Waals surface area contributed by atoms with E-state index in [4.69, 9.17) is 16.3 Å².